The number of benzene rings is 1. The molecule has 0 spiro atoms. The summed E-state index contributed by atoms with van der Waals surface area (Å²) in [4.78, 5) is 0. The summed E-state index contributed by atoms with van der Waals surface area (Å²) in [6.07, 6.45) is 4.93. The second-order valence-corrected chi connectivity index (χ2v) is 4.19. The van der Waals surface area contributed by atoms with Crippen LogP contribution in [0.5, 0.6) is 0 Å². The molecular formula is C12H16FN. The molecule has 1 aliphatic carbocycles. The Hall–Kier alpha value is -0.890. The molecule has 0 aliphatic heterocycles. The fourth-order valence-corrected chi connectivity index (χ4v) is 1.96. The summed E-state index contributed by atoms with van der Waals surface area (Å²) in [7, 11) is 0. The van der Waals surface area contributed by atoms with Crippen LogP contribution in [0.2, 0.25) is 0 Å². The van der Waals surface area contributed by atoms with Crippen molar-refractivity contribution in [1.29, 1.82) is 0 Å². The smallest absolute Gasteiger partial charge is 0.123 e. The van der Waals surface area contributed by atoms with Crippen molar-refractivity contribution >= 4 is 0 Å². The van der Waals surface area contributed by atoms with Gasteiger partial charge in [0.05, 0.1) is 0 Å². The molecular weight excluding hydrogens is 177 g/mol. The van der Waals surface area contributed by atoms with Crippen LogP contribution in [0.15, 0.2) is 24.3 Å². The van der Waals surface area contributed by atoms with E-state index < -0.39 is 0 Å². The van der Waals surface area contributed by atoms with Gasteiger partial charge in [0, 0.05) is 6.04 Å². The number of hydrogen-bond donors (Lipinski definition) is 1. The average Bonchev–Trinajstić information content (AvgIpc) is 2.11. The lowest BCUT2D eigenvalue weighted by Crippen LogP contribution is -2.20. The van der Waals surface area contributed by atoms with Crippen molar-refractivity contribution in [2.24, 2.45) is 11.7 Å². The largest absolute Gasteiger partial charge is 0.324 e. The average molecular weight is 193 g/mol. The monoisotopic (exact) mass is 193 g/mol. The normalized spacial score (nSPS) is 19.0. The number of hydrogen-bond acceptors (Lipinski definition) is 1. The summed E-state index contributed by atoms with van der Waals surface area (Å²) in [5.41, 5.74) is 6.94. The molecule has 0 bridgehead atoms. The summed E-state index contributed by atoms with van der Waals surface area (Å²) in [6.45, 7) is 0. The lowest BCUT2D eigenvalue weighted by molar-refractivity contribution is 0.277. The molecule has 0 amide bonds. The zero-order chi connectivity index (χ0) is 9.97. The van der Waals surface area contributed by atoms with E-state index >= 15 is 0 Å². The van der Waals surface area contributed by atoms with Crippen LogP contribution in [0.1, 0.15) is 37.3 Å². The van der Waals surface area contributed by atoms with E-state index in [2.05, 4.69) is 0 Å². The molecule has 2 rings (SSSR count). The molecule has 2 heteroatoms. The second-order valence-electron chi connectivity index (χ2n) is 4.19. The Balaban J connectivity index is 1.98. The first kappa shape index (κ1) is 9.66. The van der Waals surface area contributed by atoms with Gasteiger partial charge in [-0.25, -0.2) is 4.39 Å². The SMILES string of the molecule is NC(CC1CCC1)c1cccc(F)c1. The first-order chi connectivity index (χ1) is 6.75. The minimum atomic E-state index is -0.188. The van der Waals surface area contributed by atoms with Crippen LogP contribution < -0.4 is 5.73 Å². The van der Waals surface area contributed by atoms with E-state index in [1.165, 1.54) is 25.3 Å². The number of nitrogens with two attached hydrogens (primary N) is 1. The topological polar surface area (TPSA) is 26.0 Å². The molecule has 1 fully saturated rings. The summed E-state index contributed by atoms with van der Waals surface area (Å²) < 4.78 is 12.9. The van der Waals surface area contributed by atoms with Crippen LogP contribution in [-0.2, 0) is 0 Å². The van der Waals surface area contributed by atoms with Crippen molar-refractivity contribution in [3.63, 3.8) is 0 Å². The highest BCUT2D eigenvalue weighted by molar-refractivity contribution is 5.19. The Kier molecular flexibility index (Phi) is 2.82. The highest BCUT2D eigenvalue weighted by Crippen LogP contribution is 2.33. The summed E-state index contributed by atoms with van der Waals surface area (Å²) in [6, 6.07) is 6.65. The van der Waals surface area contributed by atoms with Crippen molar-refractivity contribution in [2.75, 3.05) is 0 Å². The third-order valence-corrected chi connectivity index (χ3v) is 3.09. The zero-order valence-electron chi connectivity index (χ0n) is 8.25. The van der Waals surface area contributed by atoms with E-state index in [4.69, 9.17) is 5.73 Å². The van der Waals surface area contributed by atoms with Crippen molar-refractivity contribution in [3.05, 3.63) is 35.6 Å². The second kappa shape index (κ2) is 4.09. The van der Waals surface area contributed by atoms with Crippen LogP contribution in [0, 0.1) is 11.7 Å². The molecule has 2 N–H and O–H groups in total. The highest BCUT2D eigenvalue weighted by atomic mass is 19.1. The maximum atomic E-state index is 12.9. The van der Waals surface area contributed by atoms with Crippen LogP contribution in [-0.4, -0.2) is 0 Å². The van der Waals surface area contributed by atoms with Gasteiger partial charge in [0.15, 0.2) is 0 Å². The summed E-state index contributed by atoms with van der Waals surface area (Å²) >= 11 is 0. The van der Waals surface area contributed by atoms with Gasteiger partial charge >= 0.3 is 0 Å². The number of rotatable bonds is 3. The minimum absolute atomic E-state index is 0.0102. The number of halogens is 1. The van der Waals surface area contributed by atoms with Gasteiger partial charge < -0.3 is 5.73 Å². The van der Waals surface area contributed by atoms with E-state index in [1.807, 2.05) is 6.07 Å². The summed E-state index contributed by atoms with van der Waals surface area (Å²) in [5.74, 6) is 0.583. The fourth-order valence-electron chi connectivity index (χ4n) is 1.96. The molecule has 0 saturated heterocycles. The van der Waals surface area contributed by atoms with E-state index in [9.17, 15) is 4.39 Å². The predicted molar refractivity (Wildman–Crippen MR) is 55.3 cm³/mol. The molecule has 76 valence electrons. The van der Waals surface area contributed by atoms with Gasteiger partial charge in [0.1, 0.15) is 5.82 Å². The molecule has 1 saturated carbocycles. The van der Waals surface area contributed by atoms with Crippen molar-refractivity contribution in [3.8, 4) is 0 Å². The van der Waals surface area contributed by atoms with Gasteiger partial charge in [-0.05, 0) is 30.0 Å². The Morgan fingerprint density at radius 2 is 2.21 bits per heavy atom. The third kappa shape index (κ3) is 2.13. The van der Waals surface area contributed by atoms with Gasteiger partial charge in [-0.2, -0.15) is 0 Å². The fraction of sp³-hybridized carbons (Fsp3) is 0.500. The first-order valence-electron chi connectivity index (χ1n) is 5.27. The Morgan fingerprint density at radius 3 is 2.79 bits per heavy atom. The highest BCUT2D eigenvalue weighted by Gasteiger charge is 2.20. The molecule has 1 aliphatic rings. The van der Waals surface area contributed by atoms with Gasteiger partial charge in [-0.3, -0.25) is 0 Å². The van der Waals surface area contributed by atoms with E-state index in [0.717, 1.165) is 17.9 Å². The standard InChI is InChI=1S/C12H16FN/c13-11-6-2-5-10(8-11)12(14)7-9-3-1-4-9/h2,5-6,8-9,12H,1,3-4,7,14H2. The summed E-state index contributed by atoms with van der Waals surface area (Å²) in [5, 5.41) is 0. The molecule has 1 atom stereocenters. The van der Waals surface area contributed by atoms with Crippen molar-refractivity contribution in [1.82, 2.24) is 0 Å². The zero-order valence-corrected chi connectivity index (χ0v) is 8.25. The Morgan fingerprint density at radius 1 is 1.43 bits per heavy atom. The molecule has 1 unspecified atom stereocenters. The molecule has 1 aromatic rings. The van der Waals surface area contributed by atoms with Gasteiger partial charge in [-0.1, -0.05) is 31.4 Å². The van der Waals surface area contributed by atoms with Gasteiger partial charge in [0.2, 0.25) is 0 Å². The lowest BCUT2D eigenvalue weighted by Gasteiger charge is -2.28. The van der Waals surface area contributed by atoms with Crippen molar-refractivity contribution < 1.29 is 4.39 Å². The van der Waals surface area contributed by atoms with Gasteiger partial charge in [-0.15, -0.1) is 0 Å². The van der Waals surface area contributed by atoms with Crippen LogP contribution in [0.25, 0.3) is 0 Å². The predicted octanol–water partition coefficient (Wildman–Crippen LogP) is 3.02. The molecule has 1 nitrogen and oxygen atoms in total. The van der Waals surface area contributed by atoms with Crippen LogP contribution >= 0.6 is 0 Å². The molecule has 0 heterocycles. The minimum Gasteiger partial charge on any atom is -0.324 e. The van der Waals surface area contributed by atoms with E-state index in [0.29, 0.717) is 0 Å². The van der Waals surface area contributed by atoms with Crippen LogP contribution in [0.4, 0.5) is 4.39 Å². The Labute approximate surface area is 84.1 Å². The maximum Gasteiger partial charge on any atom is 0.123 e. The van der Waals surface area contributed by atoms with Crippen LogP contribution in [0.3, 0.4) is 0 Å². The van der Waals surface area contributed by atoms with Gasteiger partial charge in [0.25, 0.3) is 0 Å². The first-order valence-corrected chi connectivity index (χ1v) is 5.27. The molecule has 1 aromatic carbocycles. The Bertz CT molecular complexity index is 307. The van der Waals surface area contributed by atoms with E-state index in [1.54, 1.807) is 12.1 Å². The molecule has 0 radical (unpaired) electrons. The molecule has 14 heavy (non-hydrogen) atoms. The van der Waals surface area contributed by atoms with E-state index in [-0.39, 0.29) is 11.9 Å². The van der Waals surface area contributed by atoms with Crippen molar-refractivity contribution in [2.45, 2.75) is 31.7 Å². The third-order valence-electron chi connectivity index (χ3n) is 3.09. The molecule has 0 aromatic heterocycles. The quantitative estimate of drug-likeness (QED) is 0.784. The maximum absolute atomic E-state index is 12.9. The lowest BCUT2D eigenvalue weighted by atomic mass is 9.80.